The summed E-state index contributed by atoms with van der Waals surface area (Å²) in [5, 5.41) is 0. The zero-order chi connectivity index (χ0) is 25.3. The smallest absolute Gasteiger partial charge is 0.242 e. The van der Waals surface area contributed by atoms with Crippen LogP contribution in [0.15, 0.2) is 47.1 Å². The Hall–Kier alpha value is -2.12. The van der Waals surface area contributed by atoms with Crippen LogP contribution in [0.5, 0.6) is 0 Å². The highest BCUT2D eigenvalue weighted by Gasteiger charge is 2.35. The van der Waals surface area contributed by atoms with Gasteiger partial charge in [-0.3, -0.25) is 9.59 Å². The minimum atomic E-state index is 0.0729. The van der Waals surface area contributed by atoms with Crippen LogP contribution >= 0.6 is 15.9 Å². The molecule has 4 rings (SSSR count). The molecule has 0 saturated heterocycles. The van der Waals surface area contributed by atoms with E-state index in [9.17, 15) is 9.59 Å². The first-order valence-electron chi connectivity index (χ1n) is 13.6. The van der Waals surface area contributed by atoms with E-state index in [4.69, 9.17) is 4.74 Å². The number of ether oxygens (including phenoxy) is 1. The monoisotopic (exact) mass is 557 g/mol. The quantitative estimate of drug-likeness (QED) is 0.300. The topological polar surface area (TPSA) is 54.8 Å². The number of amides is 2. The molecular weight excluding hydrogens is 518 g/mol. The van der Waals surface area contributed by atoms with Crippen LogP contribution < -0.4 is 0 Å². The molecule has 0 atom stereocenters. The van der Waals surface area contributed by atoms with Crippen molar-refractivity contribution in [2.75, 3.05) is 26.3 Å². The molecule has 0 spiro atoms. The van der Waals surface area contributed by atoms with Gasteiger partial charge in [0, 0.05) is 54.6 Å². The van der Waals surface area contributed by atoms with E-state index in [1.165, 1.54) is 12.0 Å². The Morgan fingerprint density at radius 3 is 2.50 bits per heavy atom. The summed E-state index contributed by atoms with van der Waals surface area (Å²) >= 11 is 3.51. The van der Waals surface area contributed by atoms with Gasteiger partial charge in [0.05, 0.1) is 13.1 Å². The minimum absolute atomic E-state index is 0.0729. The van der Waals surface area contributed by atoms with Crippen molar-refractivity contribution in [2.24, 2.45) is 5.92 Å². The summed E-state index contributed by atoms with van der Waals surface area (Å²) in [5.41, 5.74) is 2.36. The summed E-state index contributed by atoms with van der Waals surface area (Å²) in [4.78, 5) is 30.7. The number of nitrogens with zero attached hydrogens (tertiary/aromatic N) is 3. The third-order valence-electron chi connectivity index (χ3n) is 7.34. The maximum absolute atomic E-state index is 13.8. The van der Waals surface area contributed by atoms with Gasteiger partial charge in [-0.05, 0) is 68.9 Å². The molecule has 2 fully saturated rings. The first-order valence-corrected chi connectivity index (χ1v) is 14.4. The molecule has 0 N–H and O–H groups in total. The third-order valence-corrected chi connectivity index (χ3v) is 7.87. The normalized spacial score (nSPS) is 16.2. The number of benzene rings is 1. The number of hydrogen-bond donors (Lipinski definition) is 0. The molecule has 196 valence electrons. The van der Waals surface area contributed by atoms with E-state index in [-0.39, 0.29) is 30.3 Å². The predicted octanol–water partition coefficient (Wildman–Crippen LogP) is 5.63. The first kappa shape index (κ1) is 26.9. The Morgan fingerprint density at radius 2 is 1.81 bits per heavy atom. The second-order valence-electron chi connectivity index (χ2n) is 10.2. The van der Waals surface area contributed by atoms with Crippen molar-refractivity contribution in [3.8, 4) is 0 Å². The molecule has 1 heterocycles. The van der Waals surface area contributed by atoms with Crippen molar-refractivity contribution in [2.45, 2.75) is 77.4 Å². The lowest BCUT2D eigenvalue weighted by atomic mass is 9.94. The Kier molecular flexibility index (Phi) is 10.0. The van der Waals surface area contributed by atoms with Crippen molar-refractivity contribution in [3.05, 3.63) is 58.3 Å². The van der Waals surface area contributed by atoms with Crippen LogP contribution in [0.3, 0.4) is 0 Å². The maximum atomic E-state index is 13.8. The van der Waals surface area contributed by atoms with Gasteiger partial charge in [0.1, 0.15) is 0 Å². The number of halogens is 1. The highest BCUT2D eigenvalue weighted by atomic mass is 79.9. The van der Waals surface area contributed by atoms with Gasteiger partial charge < -0.3 is 19.1 Å². The lowest BCUT2D eigenvalue weighted by molar-refractivity contribution is -0.143. The molecule has 2 amide bonds. The first-order chi connectivity index (χ1) is 17.5. The highest BCUT2D eigenvalue weighted by molar-refractivity contribution is 9.10. The molecule has 2 saturated carbocycles. The second-order valence-corrected chi connectivity index (χ2v) is 11.1. The molecule has 1 aromatic heterocycles. The fourth-order valence-corrected chi connectivity index (χ4v) is 5.40. The average Bonchev–Trinajstić information content (AvgIpc) is 3.66. The lowest BCUT2D eigenvalue weighted by Crippen LogP contribution is -2.48. The Bertz CT molecular complexity index is 980. The lowest BCUT2D eigenvalue weighted by Gasteiger charge is -2.36. The molecular formula is C29H40BrN3O3. The molecule has 2 aromatic rings. The van der Waals surface area contributed by atoms with Crippen LogP contribution in [0.2, 0.25) is 0 Å². The van der Waals surface area contributed by atoms with Gasteiger partial charge in [0.15, 0.2) is 0 Å². The molecule has 6 nitrogen and oxygen atoms in total. The molecule has 0 aliphatic heterocycles. The van der Waals surface area contributed by atoms with Crippen LogP contribution in [0, 0.1) is 5.92 Å². The fraction of sp³-hybridized carbons (Fsp3) is 0.586. The van der Waals surface area contributed by atoms with E-state index in [1.54, 1.807) is 4.90 Å². The zero-order valence-corrected chi connectivity index (χ0v) is 23.1. The molecule has 2 aliphatic carbocycles. The molecule has 7 heteroatoms. The number of rotatable bonds is 13. The van der Waals surface area contributed by atoms with Gasteiger partial charge in [-0.15, -0.1) is 0 Å². The summed E-state index contributed by atoms with van der Waals surface area (Å²) in [7, 11) is 0. The molecule has 36 heavy (non-hydrogen) atoms. The van der Waals surface area contributed by atoms with Crippen LogP contribution in [0.25, 0.3) is 0 Å². The van der Waals surface area contributed by atoms with E-state index in [2.05, 4.69) is 68.0 Å². The standard InChI is InChI=1S/C29H40BrN3O3/c1-2-36-19-7-18-32(29(35)24-13-14-24)22-28(34)33(26-8-4-3-5-9-26)21-27-10-6-17-31(27)20-23-11-15-25(30)16-12-23/h6,10-12,15-17,24,26H,2-5,7-9,13-14,18-22H2,1H3. The van der Waals surface area contributed by atoms with Crippen molar-refractivity contribution in [1.82, 2.24) is 14.4 Å². The largest absolute Gasteiger partial charge is 0.382 e. The van der Waals surface area contributed by atoms with Crippen LogP contribution in [-0.2, 0) is 27.4 Å². The summed E-state index contributed by atoms with van der Waals surface area (Å²) < 4.78 is 8.79. The van der Waals surface area contributed by atoms with Crippen molar-refractivity contribution in [3.63, 3.8) is 0 Å². The SMILES string of the molecule is CCOCCCN(CC(=O)N(Cc1cccn1Cc1ccc(Br)cc1)C1CCCCC1)C(=O)C1CC1. The van der Waals surface area contributed by atoms with E-state index < -0.39 is 0 Å². The van der Waals surface area contributed by atoms with Gasteiger partial charge in [-0.1, -0.05) is 47.3 Å². The number of carbonyl (C=O) groups is 2. The van der Waals surface area contributed by atoms with Crippen molar-refractivity contribution >= 4 is 27.7 Å². The number of hydrogen-bond acceptors (Lipinski definition) is 3. The van der Waals surface area contributed by atoms with Gasteiger partial charge in [-0.25, -0.2) is 0 Å². The van der Waals surface area contributed by atoms with Gasteiger partial charge in [-0.2, -0.15) is 0 Å². The van der Waals surface area contributed by atoms with E-state index in [1.807, 2.05) is 6.92 Å². The van der Waals surface area contributed by atoms with Crippen LogP contribution in [0.4, 0.5) is 0 Å². The average molecular weight is 559 g/mol. The van der Waals surface area contributed by atoms with Gasteiger partial charge in [0.25, 0.3) is 0 Å². The summed E-state index contributed by atoms with van der Waals surface area (Å²) in [5.74, 6) is 0.321. The maximum Gasteiger partial charge on any atom is 0.242 e. The summed E-state index contributed by atoms with van der Waals surface area (Å²) in [6, 6.07) is 12.8. The second kappa shape index (κ2) is 13.4. The minimum Gasteiger partial charge on any atom is -0.382 e. The van der Waals surface area contributed by atoms with E-state index in [0.717, 1.165) is 61.7 Å². The zero-order valence-electron chi connectivity index (χ0n) is 21.5. The Balaban J connectivity index is 1.47. The summed E-state index contributed by atoms with van der Waals surface area (Å²) in [6.07, 6.45) is 10.4. The summed E-state index contributed by atoms with van der Waals surface area (Å²) in [6.45, 7) is 5.37. The van der Waals surface area contributed by atoms with Gasteiger partial charge >= 0.3 is 0 Å². The fourth-order valence-electron chi connectivity index (χ4n) is 5.13. The molecule has 0 unspecified atom stereocenters. The molecule has 0 bridgehead atoms. The number of aromatic nitrogens is 1. The molecule has 0 radical (unpaired) electrons. The van der Waals surface area contributed by atoms with Crippen molar-refractivity contribution in [1.29, 1.82) is 0 Å². The van der Waals surface area contributed by atoms with Crippen molar-refractivity contribution < 1.29 is 14.3 Å². The number of carbonyl (C=O) groups excluding carboxylic acids is 2. The highest BCUT2D eigenvalue weighted by Crippen LogP contribution is 2.31. The van der Waals surface area contributed by atoms with Crippen LogP contribution in [0.1, 0.15) is 69.5 Å². The molecule has 1 aromatic carbocycles. The Morgan fingerprint density at radius 1 is 1.06 bits per heavy atom. The Labute approximate surface area is 224 Å². The molecule has 2 aliphatic rings. The third kappa shape index (κ3) is 7.69. The van der Waals surface area contributed by atoms with E-state index in [0.29, 0.717) is 26.3 Å². The van der Waals surface area contributed by atoms with Gasteiger partial charge in [0.2, 0.25) is 11.8 Å². The van der Waals surface area contributed by atoms with Crippen LogP contribution in [-0.4, -0.2) is 58.5 Å². The predicted molar refractivity (Wildman–Crippen MR) is 146 cm³/mol. The van der Waals surface area contributed by atoms with E-state index >= 15 is 0 Å².